The van der Waals surface area contributed by atoms with Gasteiger partial charge in [-0.25, -0.2) is 0 Å². The van der Waals surface area contributed by atoms with Crippen molar-refractivity contribution in [3.63, 3.8) is 0 Å². The fourth-order valence-electron chi connectivity index (χ4n) is 3.80. The van der Waals surface area contributed by atoms with Crippen LogP contribution in [-0.2, 0) is 9.59 Å². The Balaban J connectivity index is 1.54. The molecule has 1 heterocycles. The predicted octanol–water partition coefficient (Wildman–Crippen LogP) is 3.90. The second kappa shape index (κ2) is 7.70. The lowest BCUT2D eigenvalue weighted by Gasteiger charge is -2.21. The first-order valence-corrected chi connectivity index (χ1v) is 9.86. The number of nitrogens with one attached hydrogen (secondary N) is 3. The fourth-order valence-corrected chi connectivity index (χ4v) is 3.80. The van der Waals surface area contributed by atoms with Crippen molar-refractivity contribution in [1.29, 1.82) is 0 Å². The Morgan fingerprint density at radius 3 is 1.97 bits per heavy atom. The summed E-state index contributed by atoms with van der Waals surface area (Å²) in [6.07, 6.45) is 3.84. The van der Waals surface area contributed by atoms with Crippen molar-refractivity contribution in [2.75, 3.05) is 16.0 Å². The maximum atomic E-state index is 12.8. The summed E-state index contributed by atoms with van der Waals surface area (Å²) in [5, 5.41) is 8.09. The molecule has 0 aromatic heterocycles. The molecule has 3 amide bonds. The van der Waals surface area contributed by atoms with Gasteiger partial charge in [-0.15, -0.1) is 0 Å². The number of carbonyl (C=O) groups is 3. The second-order valence-electron chi connectivity index (χ2n) is 7.60. The van der Waals surface area contributed by atoms with Crippen LogP contribution in [0.3, 0.4) is 0 Å². The highest BCUT2D eigenvalue weighted by Gasteiger charge is 2.44. The largest absolute Gasteiger partial charge is 0.448 e. The van der Waals surface area contributed by atoms with Crippen LogP contribution in [-0.4, -0.2) is 23.5 Å². The van der Waals surface area contributed by atoms with Gasteiger partial charge in [-0.3, -0.25) is 14.4 Å². The van der Waals surface area contributed by atoms with Gasteiger partial charge in [-0.1, -0.05) is 0 Å². The van der Waals surface area contributed by atoms with Crippen molar-refractivity contribution >= 4 is 34.8 Å². The summed E-state index contributed by atoms with van der Waals surface area (Å²) in [6.45, 7) is 2.74. The lowest BCUT2D eigenvalue weighted by molar-refractivity contribution is -0.115. The zero-order valence-corrected chi connectivity index (χ0v) is 16.8. The Bertz CT molecular complexity index is 993. The molecule has 2 aromatic carbocycles. The summed E-state index contributed by atoms with van der Waals surface area (Å²) in [5.41, 5.74) is 1.67. The van der Waals surface area contributed by atoms with Gasteiger partial charge in [-0.2, -0.15) is 0 Å². The third-order valence-electron chi connectivity index (χ3n) is 4.99. The number of ether oxygens (including phenoxy) is 2. The van der Waals surface area contributed by atoms with E-state index >= 15 is 0 Å². The highest BCUT2D eigenvalue weighted by molar-refractivity contribution is 6.07. The lowest BCUT2D eigenvalue weighted by Crippen LogP contribution is -2.34. The number of benzene rings is 2. The van der Waals surface area contributed by atoms with Crippen LogP contribution in [0.2, 0.25) is 0 Å². The van der Waals surface area contributed by atoms with Gasteiger partial charge in [0.15, 0.2) is 11.5 Å². The number of carbonyl (C=O) groups excluding carboxylic acids is 3. The minimum Gasteiger partial charge on any atom is -0.448 e. The zero-order valence-electron chi connectivity index (χ0n) is 16.8. The third-order valence-corrected chi connectivity index (χ3v) is 4.99. The van der Waals surface area contributed by atoms with Gasteiger partial charge in [0.05, 0.1) is 0 Å². The molecule has 1 saturated carbocycles. The molecule has 8 heteroatoms. The summed E-state index contributed by atoms with van der Waals surface area (Å²) in [6, 6.07) is 9.95. The van der Waals surface area contributed by atoms with Crippen molar-refractivity contribution in [3.8, 4) is 11.5 Å². The summed E-state index contributed by atoms with van der Waals surface area (Å²) in [5.74, 6) is -0.222. The molecule has 1 spiro atoms. The highest BCUT2D eigenvalue weighted by atomic mass is 16.7. The van der Waals surface area contributed by atoms with Crippen LogP contribution in [0.15, 0.2) is 36.4 Å². The van der Waals surface area contributed by atoms with Gasteiger partial charge in [0.1, 0.15) is 0 Å². The number of amides is 3. The number of anilines is 3. The maximum absolute atomic E-state index is 12.8. The maximum Gasteiger partial charge on any atom is 0.255 e. The molecular weight excluding hydrogens is 386 g/mol. The number of hydrogen-bond acceptors (Lipinski definition) is 5. The Kier molecular flexibility index (Phi) is 5.07. The van der Waals surface area contributed by atoms with E-state index in [1.165, 1.54) is 13.8 Å². The van der Waals surface area contributed by atoms with E-state index < -0.39 is 5.79 Å². The van der Waals surface area contributed by atoms with Crippen LogP contribution >= 0.6 is 0 Å². The molecule has 0 radical (unpaired) electrons. The lowest BCUT2D eigenvalue weighted by atomic mass is 10.1. The molecule has 0 bridgehead atoms. The zero-order chi connectivity index (χ0) is 21.3. The summed E-state index contributed by atoms with van der Waals surface area (Å²) < 4.78 is 12.0. The molecule has 4 rings (SSSR count). The Labute approximate surface area is 173 Å². The van der Waals surface area contributed by atoms with Crippen LogP contribution in [0.5, 0.6) is 11.5 Å². The molecule has 2 aromatic rings. The van der Waals surface area contributed by atoms with Gasteiger partial charge in [-0.05, 0) is 43.2 Å². The van der Waals surface area contributed by atoms with Crippen LogP contribution < -0.4 is 25.4 Å². The SMILES string of the molecule is CC(=O)Nc1cc(NC(C)=O)cc(C(=O)Nc2ccc3c(c2)OC2(CCCC2)O3)c1. The van der Waals surface area contributed by atoms with Gasteiger partial charge < -0.3 is 25.4 Å². The number of hydrogen-bond donors (Lipinski definition) is 3. The molecule has 1 fully saturated rings. The topological polar surface area (TPSA) is 106 Å². The van der Waals surface area contributed by atoms with E-state index in [9.17, 15) is 14.4 Å². The first kappa shape index (κ1) is 19.8. The Morgan fingerprint density at radius 1 is 0.767 bits per heavy atom. The molecule has 3 N–H and O–H groups in total. The van der Waals surface area contributed by atoms with Gasteiger partial charge in [0, 0.05) is 55.4 Å². The van der Waals surface area contributed by atoms with E-state index in [0.29, 0.717) is 28.6 Å². The Morgan fingerprint density at radius 2 is 1.37 bits per heavy atom. The monoisotopic (exact) mass is 409 g/mol. The normalized spacial score (nSPS) is 15.7. The molecule has 2 aliphatic rings. The van der Waals surface area contributed by atoms with Crippen molar-refractivity contribution < 1.29 is 23.9 Å². The molecule has 1 aliphatic heterocycles. The average Bonchev–Trinajstić information content (AvgIpc) is 3.26. The van der Waals surface area contributed by atoms with E-state index in [1.54, 1.807) is 36.4 Å². The van der Waals surface area contributed by atoms with Crippen molar-refractivity contribution in [3.05, 3.63) is 42.0 Å². The minimum absolute atomic E-state index is 0.280. The average molecular weight is 409 g/mol. The smallest absolute Gasteiger partial charge is 0.255 e. The number of fused-ring (bicyclic) bond motifs is 1. The van der Waals surface area contributed by atoms with E-state index in [0.717, 1.165) is 25.7 Å². The minimum atomic E-state index is -0.565. The van der Waals surface area contributed by atoms with Gasteiger partial charge in [0.2, 0.25) is 11.8 Å². The first-order chi connectivity index (χ1) is 14.3. The number of rotatable bonds is 4. The standard InChI is InChI=1S/C22H23N3O5/c1-13(26)23-17-9-15(10-18(11-17)24-14(2)27)21(28)25-16-5-6-19-20(12-16)30-22(29-19)7-3-4-8-22/h5-6,9-12H,3-4,7-8H2,1-2H3,(H,23,26)(H,24,27)(H,25,28). The molecule has 156 valence electrons. The van der Waals surface area contributed by atoms with Gasteiger partial charge >= 0.3 is 0 Å². The van der Waals surface area contributed by atoms with Gasteiger partial charge in [0.25, 0.3) is 11.7 Å². The summed E-state index contributed by atoms with van der Waals surface area (Å²) in [4.78, 5) is 35.6. The molecular formula is C22H23N3O5. The van der Waals surface area contributed by atoms with Crippen LogP contribution in [0.25, 0.3) is 0 Å². The van der Waals surface area contributed by atoms with E-state index in [1.807, 2.05) is 0 Å². The highest BCUT2D eigenvalue weighted by Crippen LogP contribution is 2.47. The molecule has 0 atom stereocenters. The Hall–Kier alpha value is -3.55. The van der Waals surface area contributed by atoms with Crippen LogP contribution in [0, 0.1) is 0 Å². The second-order valence-corrected chi connectivity index (χ2v) is 7.60. The van der Waals surface area contributed by atoms with E-state index in [4.69, 9.17) is 9.47 Å². The summed E-state index contributed by atoms with van der Waals surface area (Å²) >= 11 is 0. The van der Waals surface area contributed by atoms with Crippen molar-refractivity contribution in [1.82, 2.24) is 0 Å². The quantitative estimate of drug-likeness (QED) is 0.710. The molecule has 8 nitrogen and oxygen atoms in total. The van der Waals surface area contributed by atoms with Crippen LogP contribution in [0.4, 0.5) is 17.1 Å². The molecule has 0 unspecified atom stereocenters. The molecule has 30 heavy (non-hydrogen) atoms. The van der Waals surface area contributed by atoms with Crippen molar-refractivity contribution in [2.45, 2.75) is 45.3 Å². The van der Waals surface area contributed by atoms with Crippen LogP contribution in [0.1, 0.15) is 49.9 Å². The van der Waals surface area contributed by atoms with E-state index in [-0.39, 0.29) is 23.3 Å². The molecule has 0 saturated heterocycles. The fraction of sp³-hybridized carbons (Fsp3) is 0.318. The van der Waals surface area contributed by atoms with Crippen molar-refractivity contribution in [2.24, 2.45) is 0 Å². The summed E-state index contributed by atoms with van der Waals surface area (Å²) in [7, 11) is 0. The predicted molar refractivity (Wildman–Crippen MR) is 112 cm³/mol. The first-order valence-electron chi connectivity index (χ1n) is 9.86. The van der Waals surface area contributed by atoms with E-state index in [2.05, 4.69) is 16.0 Å². The molecule has 1 aliphatic carbocycles. The third kappa shape index (κ3) is 4.22.